The minimum atomic E-state index is -0.271. The third-order valence-corrected chi connectivity index (χ3v) is 3.17. The number of aryl methyl sites for hydroxylation is 1. The lowest BCUT2D eigenvalue weighted by atomic mass is 10.0. The van der Waals surface area contributed by atoms with E-state index in [0.29, 0.717) is 13.0 Å². The number of hydrogen-bond donors (Lipinski definition) is 1. The number of nitrogens with zero attached hydrogens (tertiary/aromatic N) is 1. The molecule has 0 aliphatic carbocycles. The maximum absolute atomic E-state index is 11.6. The molecule has 5 nitrogen and oxygen atoms in total. The van der Waals surface area contributed by atoms with Crippen molar-refractivity contribution in [2.24, 2.45) is 0 Å². The molecular weight excluding hydrogens is 244 g/mol. The molecule has 1 aromatic carbocycles. The van der Waals surface area contributed by atoms with Crippen LogP contribution in [0.15, 0.2) is 18.2 Å². The summed E-state index contributed by atoms with van der Waals surface area (Å²) in [5, 5.41) is 3.03. The van der Waals surface area contributed by atoms with Crippen LogP contribution < -0.4 is 10.2 Å². The number of carbonyl (C=O) groups excluding carboxylic acids is 2. The van der Waals surface area contributed by atoms with Gasteiger partial charge in [0.25, 0.3) is 0 Å². The summed E-state index contributed by atoms with van der Waals surface area (Å²) < 4.78 is 4.85. The highest BCUT2D eigenvalue weighted by molar-refractivity contribution is 5.96. The number of rotatable bonds is 4. The summed E-state index contributed by atoms with van der Waals surface area (Å²) in [4.78, 5) is 24.5. The monoisotopic (exact) mass is 262 g/mol. The number of amides is 1. The Morgan fingerprint density at radius 1 is 1.42 bits per heavy atom. The standard InChI is InChI=1S/C14H18N2O3/c1-3-19-14(18)9-15-11-5-6-12-10(8-11)4-7-13(17)16(12)2/h5-6,8,15H,3-4,7,9H2,1-2H3. The van der Waals surface area contributed by atoms with E-state index in [-0.39, 0.29) is 18.4 Å². The van der Waals surface area contributed by atoms with Crippen LogP contribution in [0.2, 0.25) is 0 Å². The molecule has 0 spiro atoms. The fraction of sp³-hybridized carbons (Fsp3) is 0.429. The second-order valence-electron chi connectivity index (χ2n) is 4.45. The summed E-state index contributed by atoms with van der Waals surface area (Å²) in [5.41, 5.74) is 2.93. The second kappa shape index (κ2) is 5.73. The molecular formula is C14H18N2O3. The fourth-order valence-corrected chi connectivity index (χ4v) is 2.15. The summed E-state index contributed by atoms with van der Waals surface area (Å²) in [7, 11) is 1.78. The van der Waals surface area contributed by atoms with Gasteiger partial charge >= 0.3 is 5.97 Å². The van der Waals surface area contributed by atoms with Gasteiger partial charge in [-0.15, -0.1) is 0 Å². The van der Waals surface area contributed by atoms with Gasteiger partial charge in [-0.3, -0.25) is 9.59 Å². The van der Waals surface area contributed by atoms with Gasteiger partial charge < -0.3 is 15.0 Å². The number of anilines is 2. The first-order chi connectivity index (χ1) is 9.11. The van der Waals surface area contributed by atoms with Gasteiger partial charge in [-0.2, -0.15) is 0 Å². The van der Waals surface area contributed by atoms with Gasteiger partial charge in [0.2, 0.25) is 5.91 Å². The van der Waals surface area contributed by atoms with Crippen molar-refractivity contribution >= 4 is 23.3 Å². The van der Waals surface area contributed by atoms with Crippen LogP contribution in [0.25, 0.3) is 0 Å². The zero-order chi connectivity index (χ0) is 13.8. The average Bonchev–Trinajstić information content (AvgIpc) is 2.41. The number of nitrogens with one attached hydrogen (secondary N) is 1. The van der Waals surface area contributed by atoms with Crippen LogP contribution in [0, 0.1) is 0 Å². The van der Waals surface area contributed by atoms with Crippen molar-refractivity contribution in [3.05, 3.63) is 23.8 Å². The van der Waals surface area contributed by atoms with Crippen LogP contribution in [0.3, 0.4) is 0 Å². The van der Waals surface area contributed by atoms with Gasteiger partial charge in [-0.05, 0) is 37.1 Å². The van der Waals surface area contributed by atoms with Crippen molar-refractivity contribution in [2.75, 3.05) is 30.4 Å². The molecule has 102 valence electrons. The molecule has 0 radical (unpaired) electrons. The molecule has 1 N–H and O–H groups in total. The van der Waals surface area contributed by atoms with E-state index in [1.165, 1.54) is 0 Å². The smallest absolute Gasteiger partial charge is 0.325 e. The van der Waals surface area contributed by atoms with E-state index in [0.717, 1.165) is 23.4 Å². The molecule has 2 rings (SSSR count). The van der Waals surface area contributed by atoms with Crippen LogP contribution in [-0.2, 0) is 20.7 Å². The zero-order valence-electron chi connectivity index (χ0n) is 11.2. The fourth-order valence-electron chi connectivity index (χ4n) is 2.15. The summed E-state index contributed by atoms with van der Waals surface area (Å²) in [6, 6.07) is 5.75. The Morgan fingerprint density at radius 2 is 2.21 bits per heavy atom. The number of ether oxygens (including phenoxy) is 1. The first-order valence-electron chi connectivity index (χ1n) is 6.40. The lowest BCUT2D eigenvalue weighted by Crippen LogP contribution is -2.31. The van der Waals surface area contributed by atoms with E-state index in [4.69, 9.17) is 4.74 Å². The Labute approximate surface area is 112 Å². The van der Waals surface area contributed by atoms with Crippen molar-refractivity contribution in [3.63, 3.8) is 0 Å². The summed E-state index contributed by atoms with van der Waals surface area (Å²) in [6.07, 6.45) is 1.28. The third kappa shape index (κ3) is 3.05. The largest absolute Gasteiger partial charge is 0.465 e. The molecule has 0 saturated carbocycles. The molecule has 1 heterocycles. The van der Waals surface area contributed by atoms with Gasteiger partial charge in [-0.1, -0.05) is 0 Å². The molecule has 0 fully saturated rings. The number of carbonyl (C=O) groups is 2. The number of esters is 1. The van der Waals surface area contributed by atoms with E-state index in [1.54, 1.807) is 18.9 Å². The van der Waals surface area contributed by atoms with Crippen molar-refractivity contribution in [1.29, 1.82) is 0 Å². The van der Waals surface area contributed by atoms with Crippen LogP contribution >= 0.6 is 0 Å². The Bertz CT molecular complexity index is 499. The molecule has 1 aromatic rings. The highest BCUT2D eigenvalue weighted by atomic mass is 16.5. The number of fused-ring (bicyclic) bond motifs is 1. The quantitative estimate of drug-likeness (QED) is 0.837. The molecule has 1 amide bonds. The van der Waals surface area contributed by atoms with Gasteiger partial charge in [0, 0.05) is 24.8 Å². The minimum Gasteiger partial charge on any atom is -0.465 e. The van der Waals surface area contributed by atoms with Crippen molar-refractivity contribution in [3.8, 4) is 0 Å². The Morgan fingerprint density at radius 3 is 2.95 bits per heavy atom. The predicted molar refractivity (Wildman–Crippen MR) is 73.3 cm³/mol. The van der Waals surface area contributed by atoms with Crippen LogP contribution in [-0.4, -0.2) is 32.1 Å². The van der Waals surface area contributed by atoms with E-state index >= 15 is 0 Å². The summed E-state index contributed by atoms with van der Waals surface area (Å²) in [5.74, 6) is -0.132. The van der Waals surface area contributed by atoms with Crippen LogP contribution in [0.1, 0.15) is 18.9 Å². The first kappa shape index (κ1) is 13.4. The van der Waals surface area contributed by atoms with E-state index in [2.05, 4.69) is 5.32 Å². The average molecular weight is 262 g/mol. The lowest BCUT2D eigenvalue weighted by Gasteiger charge is -2.26. The second-order valence-corrected chi connectivity index (χ2v) is 4.45. The minimum absolute atomic E-state index is 0.139. The summed E-state index contributed by atoms with van der Waals surface area (Å²) >= 11 is 0. The maximum atomic E-state index is 11.6. The van der Waals surface area contributed by atoms with Crippen molar-refractivity contribution < 1.29 is 14.3 Å². The van der Waals surface area contributed by atoms with Gasteiger partial charge in [-0.25, -0.2) is 0 Å². The van der Waals surface area contributed by atoms with Crippen molar-refractivity contribution in [2.45, 2.75) is 19.8 Å². The highest BCUT2D eigenvalue weighted by Crippen LogP contribution is 2.29. The third-order valence-electron chi connectivity index (χ3n) is 3.17. The topological polar surface area (TPSA) is 58.6 Å². The Hall–Kier alpha value is -2.04. The maximum Gasteiger partial charge on any atom is 0.325 e. The number of hydrogen-bond acceptors (Lipinski definition) is 4. The molecule has 1 aliphatic heterocycles. The highest BCUT2D eigenvalue weighted by Gasteiger charge is 2.20. The first-order valence-corrected chi connectivity index (χ1v) is 6.40. The van der Waals surface area contributed by atoms with E-state index in [1.807, 2.05) is 18.2 Å². The van der Waals surface area contributed by atoms with E-state index < -0.39 is 0 Å². The van der Waals surface area contributed by atoms with Gasteiger partial charge in [0.1, 0.15) is 6.54 Å². The molecule has 0 atom stereocenters. The molecule has 0 saturated heterocycles. The Kier molecular flexibility index (Phi) is 4.04. The molecule has 19 heavy (non-hydrogen) atoms. The van der Waals surface area contributed by atoms with Gasteiger partial charge in [0.05, 0.1) is 6.61 Å². The van der Waals surface area contributed by atoms with Gasteiger partial charge in [0.15, 0.2) is 0 Å². The lowest BCUT2D eigenvalue weighted by molar-refractivity contribution is -0.140. The SMILES string of the molecule is CCOC(=O)CNc1ccc2c(c1)CCC(=O)N2C. The molecule has 0 unspecified atom stereocenters. The molecule has 0 bridgehead atoms. The molecule has 0 aromatic heterocycles. The van der Waals surface area contributed by atoms with Crippen LogP contribution in [0.5, 0.6) is 0 Å². The molecule has 1 aliphatic rings. The normalized spacial score (nSPS) is 14.0. The number of benzene rings is 1. The predicted octanol–water partition coefficient (Wildman–Crippen LogP) is 1.57. The van der Waals surface area contributed by atoms with Crippen LogP contribution in [0.4, 0.5) is 11.4 Å². The van der Waals surface area contributed by atoms with E-state index in [9.17, 15) is 9.59 Å². The zero-order valence-corrected chi connectivity index (χ0v) is 11.2. The Balaban J connectivity index is 2.05. The molecule has 5 heteroatoms. The van der Waals surface area contributed by atoms with Crippen molar-refractivity contribution in [1.82, 2.24) is 0 Å². The summed E-state index contributed by atoms with van der Waals surface area (Å²) in [6.45, 7) is 2.32.